The predicted octanol–water partition coefficient (Wildman–Crippen LogP) is 1.44. The zero-order valence-corrected chi connectivity index (χ0v) is 6.90. The number of aromatic nitrogens is 2. The molecule has 2 rings (SSSR count). The van der Waals surface area contributed by atoms with Gasteiger partial charge in [0.1, 0.15) is 0 Å². The summed E-state index contributed by atoms with van der Waals surface area (Å²) in [6.07, 6.45) is 5.04. The summed E-state index contributed by atoms with van der Waals surface area (Å²) in [7, 11) is 0. The Morgan fingerprint density at radius 1 is 1.31 bits per heavy atom. The van der Waals surface area contributed by atoms with Crippen molar-refractivity contribution in [3.63, 3.8) is 0 Å². The summed E-state index contributed by atoms with van der Waals surface area (Å²) in [4.78, 5) is 18.0. The summed E-state index contributed by atoms with van der Waals surface area (Å²) >= 11 is 0. The van der Waals surface area contributed by atoms with E-state index < -0.39 is 0 Å². The number of aromatic amines is 1. The van der Waals surface area contributed by atoms with Crippen LogP contribution in [0.25, 0.3) is 11.3 Å². The number of nitrogens with one attached hydrogen (secondary N) is 1. The van der Waals surface area contributed by atoms with E-state index in [1.54, 1.807) is 24.7 Å². The molecule has 2 aromatic heterocycles. The molecule has 0 unspecified atom stereocenters. The van der Waals surface area contributed by atoms with E-state index in [0.717, 1.165) is 11.3 Å². The first kappa shape index (κ1) is 7.73. The van der Waals surface area contributed by atoms with Crippen LogP contribution in [0.5, 0.6) is 0 Å². The zero-order valence-electron chi connectivity index (χ0n) is 6.90. The molecular formula is C10H8N2O. The smallest absolute Gasteiger partial charge is 0.182 e. The minimum absolute atomic E-state index is 0.00222. The van der Waals surface area contributed by atoms with E-state index in [0.29, 0.717) is 0 Å². The van der Waals surface area contributed by atoms with Crippen LogP contribution in [0.15, 0.2) is 47.7 Å². The number of hydrogen-bond donors (Lipinski definition) is 1. The molecule has 2 aromatic rings. The van der Waals surface area contributed by atoms with Gasteiger partial charge >= 0.3 is 0 Å². The zero-order chi connectivity index (χ0) is 9.10. The van der Waals surface area contributed by atoms with Gasteiger partial charge in [0, 0.05) is 36.3 Å². The van der Waals surface area contributed by atoms with Gasteiger partial charge in [0.2, 0.25) is 0 Å². The number of hydrogen-bond acceptors (Lipinski definition) is 2. The molecule has 2 heterocycles. The molecule has 0 saturated heterocycles. The fourth-order valence-electron chi connectivity index (χ4n) is 1.13. The molecule has 0 bridgehead atoms. The fraction of sp³-hybridized carbons (Fsp3) is 0. The van der Waals surface area contributed by atoms with Crippen LogP contribution in [0.2, 0.25) is 0 Å². The van der Waals surface area contributed by atoms with E-state index in [9.17, 15) is 4.79 Å². The molecule has 0 saturated carbocycles. The lowest BCUT2D eigenvalue weighted by Gasteiger charge is -1.98. The lowest BCUT2D eigenvalue weighted by atomic mass is 10.2. The van der Waals surface area contributed by atoms with Crippen LogP contribution >= 0.6 is 0 Å². The van der Waals surface area contributed by atoms with Crippen molar-refractivity contribution >= 4 is 0 Å². The van der Waals surface area contributed by atoms with Gasteiger partial charge in [-0.3, -0.25) is 9.78 Å². The van der Waals surface area contributed by atoms with E-state index >= 15 is 0 Å². The van der Waals surface area contributed by atoms with E-state index in [1.807, 2.05) is 12.1 Å². The monoisotopic (exact) mass is 172 g/mol. The summed E-state index contributed by atoms with van der Waals surface area (Å²) in [6.45, 7) is 0. The number of rotatable bonds is 1. The Balaban J connectivity index is 2.54. The number of nitrogens with zero attached hydrogens (tertiary/aromatic N) is 1. The summed E-state index contributed by atoms with van der Waals surface area (Å²) in [5.41, 5.74) is 1.71. The molecule has 0 aliphatic rings. The largest absolute Gasteiger partial charge is 0.361 e. The van der Waals surface area contributed by atoms with Crippen molar-refractivity contribution in [3.8, 4) is 11.3 Å². The highest BCUT2D eigenvalue weighted by atomic mass is 16.1. The SMILES string of the molecule is O=c1cc[nH]c(-c2cccnc2)c1. The Kier molecular flexibility index (Phi) is 1.92. The minimum atomic E-state index is -0.00222. The number of pyridine rings is 2. The van der Waals surface area contributed by atoms with Crippen LogP contribution < -0.4 is 5.43 Å². The van der Waals surface area contributed by atoms with Crippen LogP contribution in [-0.2, 0) is 0 Å². The molecular weight excluding hydrogens is 164 g/mol. The van der Waals surface area contributed by atoms with E-state index in [1.165, 1.54) is 6.07 Å². The van der Waals surface area contributed by atoms with Crippen molar-refractivity contribution in [1.29, 1.82) is 0 Å². The highest BCUT2D eigenvalue weighted by Crippen LogP contribution is 2.11. The second kappa shape index (κ2) is 3.23. The Labute approximate surface area is 75.1 Å². The predicted molar refractivity (Wildman–Crippen MR) is 50.3 cm³/mol. The van der Waals surface area contributed by atoms with Gasteiger partial charge in [-0.1, -0.05) is 0 Å². The van der Waals surface area contributed by atoms with Crippen molar-refractivity contribution in [3.05, 3.63) is 53.1 Å². The quantitative estimate of drug-likeness (QED) is 0.707. The topological polar surface area (TPSA) is 45.8 Å². The maximum atomic E-state index is 11.0. The van der Waals surface area contributed by atoms with Gasteiger partial charge in [-0.15, -0.1) is 0 Å². The van der Waals surface area contributed by atoms with Gasteiger partial charge in [-0.05, 0) is 12.1 Å². The van der Waals surface area contributed by atoms with Crippen LogP contribution in [0, 0.1) is 0 Å². The molecule has 0 aromatic carbocycles. The van der Waals surface area contributed by atoms with Gasteiger partial charge < -0.3 is 4.98 Å². The van der Waals surface area contributed by atoms with E-state index in [2.05, 4.69) is 9.97 Å². The third-order valence-electron chi connectivity index (χ3n) is 1.75. The van der Waals surface area contributed by atoms with Gasteiger partial charge in [-0.2, -0.15) is 0 Å². The minimum Gasteiger partial charge on any atom is -0.361 e. The van der Waals surface area contributed by atoms with Crippen molar-refractivity contribution in [2.75, 3.05) is 0 Å². The fourth-order valence-corrected chi connectivity index (χ4v) is 1.13. The summed E-state index contributed by atoms with van der Waals surface area (Å²) in [6, 6.07) is 6.77. The van der Waals surface area contributed by atoms with Crippen LogP contribution in [0.4, 0.5) is 0 Å². The Morgan fingerprint density at radius 2 is 2.23 bits per heavy atom. The Hall–Kier alpha value is -1.90. The lowest BCUT2D eigenvalue weighted by molar-refractivity contribution is 1.27. The molecule has 13 heavy (non-hydrogen) atoms. The van der Waals surface area contributed by atoms with Crippen LogP contribution in [-0.4, -0.2) is 9.97 Å². The molecule has 3 nitrogen and oxygen atoms in total. The second-order valence-corrected chi connectivity index (χ2v) is 2.68. The van der Waals surface area contributed by atoms with Crippen molar-refractivity contribution in [2.24, 2.45) is 0 Å². The molecule has 0 aliphatic carbocycles. The summed E-state index contributed by atoms with van der Waals surface area (Å²) in [5, 5.41) is 0. The first-order valence-electron chi connectivity index (χ1n) is 3.95. The maximum Gasteiger partial charge on any atom is 0.182 e. The molecule has 0 radical (unpaired) electrons. The molecule has 0 aliphatic heterocycles. The third-order valence-corrected chi connectivity index (χ3v) is 1.75. The standard InChI is InChI=1S/C10H8N2O/c13-9-3-5-12-10(6-9)8-2-1-4-11-7-8/h1-7H,(H,12,13). The van der Waals surface area contributed by atoms with Crippen LogP contribution in [0.1, 0.15) is 0 Å². The van der Waals surface area contributed by atoms with E-state index in [-0.39, 0.29) is 5.43 Å². The second-order valence-electron chi connectivity index (χ2n) is 2.68. The first-order chi connectivity index (χ1) is 6.36. The molecule has 0 fully saturated rings. The van der Waals surface area contributed by atoms with Crippen molar-refractivity contribution in [1.82, 2.24) is 9.97 Å². The highest BCUT2D eigenvalue weighted by molar-refractivity contribution is 5.56. The van der Waals surface area contributed by atoms with Crippen molar-refractivity contribution in [2.45, 2.75) is 0 Å². The van der Waals surface area contributed by atoms with Crippen LogP contribution in [0.3, 0.4) is 0 Å². The average molecular weight is 172 g/mol. The average Bonchev–Trinajstić information content (AvgIpc) is 2.19. The molecule has 0 amide bonds. The first-order valence-corrected chi connectivity index (χ1v) is 3.95. The Bertz CT molecular complexity index is 448. The third kappa shape index (κ3) is 1.64. The normalized spacial score (nSPS) is 9.85. The van der Waals surface area contributed by atoms with Crippen molar-refractivity contribution < 1.29 is 0 Å². The molecule has 64 valence electrons. The maximum absolute atomic E-state index is 11.0. The molecule has 0 spiro atoms. The highest BCUT2D eigenvalue weighted by Gasteiger charge is 1.96. The lowest BCUT2D eigenvalue weighted by Crippen LogP contribution is -1.97. The molecule has 3 heteroatoms. The summed E-state index contributed by atoms with van der Waals surface area (Å²) < 4.78 is 0. The molecule has 0 atom stereocenters. The van der Waals surface area contributed by atoms with E-state index in [4.69, 9.17) is 0 Å². The number of H-pyrrole nitrogens is 1. The Morgan fingerprint density at radius 3 is 2.92 bits per heavy atom. The molecule has 1 N–H and O–H groups in total. The van der Waals surface area contributed by atoms with Gasteiger partial charge in [-0.25, -0.2) is 0 Å². The summed E-state index contributed by atoms with van der Waals surface area (Å²) in [5.74, 6) is 0. The van der Waals surface area contributed by atoms with Gasteiger partial charge in [0.15, 0.2) is 5.43 Å². The van der Waals surface area contributed by atoms with Gasteiger partial charge in [0.25, 0.3) is 0 Å². The van der Waals surface area contributed by atoms with Gasteiger partial charge in [0.05, 0.1) is 5.69 Å².